The van der Waals surface area contributed by atoms with Gasteiger partial charge >= 0.3 is 0 Å². The van der Waals surface area contributed by atoms with Gasteiger partial charge in [-0.05, 0) is 0 Å². The van der Waals surface area contributed by atoms with Gasteiger partial charge in [0.2, 0.25) is 5.82 Å². The van der Waals surface area contributed by atoms with E-state index in [-0.39, 0.29) is 25.6 Å². The number of rotatable bonds is 17. The number of nitrogens with one attached hydrogen (secondary N) is 1. The number of carbonyl (C=O) groups is 1. The Balaban J connectivity index is 1.50. The van der Waals surface area contributed by atoms with Gasteiger partial charge in [-0.15, -0.1) is 5.10 Å². The zero-order valence-electron chi connectivity index (χ0n) is 17.7. The molecule has 1 fully saturated rings. The van der Waals surface area contributed by atoms with Crippen LogP contribution in [0, 0.1) is 0 Å². The van der Waals surface area contributed by atoms with Gasteiger partial charge in [-0.25, -0.2) is 9.67 Å². The lowest BCUT2D eigenvalue weighted by molar-refractivity contribution is -0.0588. The number of carbonyl (C=O) groups excluding carboxylic acids is 1. The van der Waals surface area contributed by atoms with E-state index < -0.39 is 37.1 Å². The van der Waals surface area contributed by atoms with Gasteiger partial charge in [-0.3, -0.25) is 4.79 Å². The maximum Gasteiger partial charge on any atom is 0.291 e. The summed E-state index contributed by atoms with van der Waals surface area (Å²) >= 11 is 0. The average Bonchev–Trinajstić information content (AvgIpc) is 3.39. The monoisotopic (exact) mass is 464 g/mol. The molecule has 0 unspecified atom stereocenters. The normalized spacial score (nSPS) is 23.0. The highest BCUT2D eigenvalue weighted by molar-refractivity contribution is 5.90. The molecule has 1 aliphatic heterocycles. The SMILES string of the molecule is O=C(NCCOCCOCCOCCOCCO)c1ncn([C@@H]2O[C@H](CO)[C@@H](O)[C@H]2O)n1. The predicted molar refractivity (Wildman–Crippen MR) is 106 cm³/mol. The van der Waals surface area contributed by atoms with E-state index in [0.717, 1.165) is 4.68 Å². The smallest absolute Gasteiger partial charge is 0.291 e. The molecule has 4 atom stereocenters. The Morgan fingerprint density at radius 2 is 1.56 bits per heavy atom. The van der Waals surface area contributed by atoms with Crippen molar-refractivity contribution in [2.45, 2.75) is 24.5 Å². The largest absolute Gasteiger partial charge is 0.394 e. The van der Waals surface area contributed by atoms with Crippen LogP contribution in [0.1, 0.15) is 16.8 Å². The number of ether oxygens (including phenoxy) is 5. The van der Waals surface area contributed by atoms with E-state index in [1.807, 2.05) is 0 Å². The summed E-state index contributed by atoms with van der Waals surface area (Å²) in [5.41, 5.74) is 0. The van der Waals surface area contributed by atoms with Crippen LogP contribution in [0.3, 0.4) is 0 Å². The first-order valence-electron chi connectivity index (χ1n) is 10.3. The number of amides is 1. The van der Waals surface area contributed by atoms with Crippen molar-refractivity contribution in [1.82, 2.24) is 20.1 Å². The molecule has 2 heterocycles. The van der Waals surface area contributed by atoms with Crippen molar-refractivity contribution in [2.24, 2.45) is 0 Å². The molecule has 0 aromatic carbocycles. The zero-order chi connectivity index (χ0) is 23.2. The van der Waals surface area contributed by atoms with Crippen LogP contribution in [0.4, 0.5) is 0 Å². The molecule has 1 saturated heterocycles. The maximum absolute atomic E-state index is 12.1. The molecule has 1 amide bonds. The van der Waals surface area contributed by atoms with Crippen molar-refractivity contribution >= 4 is 5.91 Å². The highest BCUT2D eigenvalue weighted by Gasteiger charge is 2.44. The Labute approximate surface area is 185 Å². The second kappa shape index (κ2) is 15.2. The van der Waals surface area contributed by atoms with Gasteiger partial charge < -0.3 is 49.4 Å². The molecule has 32 heavy (non-hydrogen) atoms. The molecule has 5 N–H and O–H groups in total. The molecular formula is C18H32N4O10. The van der Waals surface area contributed by atoms with Crippen LogP contribution < -0.4 is 5.32 Å². The summed E-state index contributed by atoms with van der Waals surface area (Å²) in [4.78, 5) is 16.0. The Kier molecular flexibility index (Phi) is 12.5. The number of nitrogens with zero attached hydrogens (tertiary/aromatic N) is 3. The predicted octanol–water partition coefficient (Wildman–Crippen LogP) is -3.32. The fraction of sp³-hybridized carbons (Fsp3) is 0.833. The molecule has 0 aliphatic carbocycles. The Morgan fingerprint density at radius 3 is 2.12 bits per heavy atom. The van der Waals surface area contributed by atoms with E-state index in [1.54, 1.807) is 0 Å². The van der Waals surface area contributed by atoms with Crippen molar-refractivity contribution in [3.05, 3.63) is 12.2 Å². The molecular weight excluding hydrogens is 432 g/mol. The quantitative estimate of drug-likeness (QED) is 0.145. The molecule has 1 aromatic rings. The second-order valence-electron chi connectivity index (χ2n) is 6.71. The van der Waals surface area contributed by atoms with Crippen LogP contribution in [0.15, 0.2) is 6.33 Å². The van der Waals surface area contributed by atoms with E-state index >= 15 is 0 Å². The van der Waals surface area contributed by atoms with Crippen molar-refractivity contribution in [2.75, 3.05) is 72.6 Å². The number of aliphatic hydroxyl groups is 4. The van der Waals surface area contributed by atoms with Crippen LogP contribution in [0.5, 0.6) is 0 Å². The van der Waals surface area contributed by atoms with Gasteiger partial charge in [-0.1, -0.05) is 0 Å². The highest BCUT2D eigenvalue weighted by atomic mass is 16.6. The van der Waals surface area contributed by atoms with Crippen molar-refractivity contribution < 1.29 is 48.9 Å². The van der Waals surface area contributed by atoms with Crippen LogP contribution in [0.2, 0.25) is 0 Å². The van der Waals surface area contributed by atoms with E-state index in [9.17, 15) is 15.0 Å². The van der Waals surface area contributed by atoms with Gasteiger partial charge in [0, 0.05) is 6.54 Å². The minimum atomic E-state index is -1.31. The second-order valence-corrected chi connectivity index (χ2v) is 6.71. The van der Waals surface area contributed by atoms with E-state index in [0.29, 0.717) is 46.2 Å². The highest BCUT2D eigenvalue weighted by Crippen LogP contribution is 2.28. The Hall–Kier alpha value is -1.75. The van der Waals surface area contributed by atoms with Crippen LogP contribution in [0.25, 0.3) is 0 Å². The summed E-state index contributed by atoms with van der Waals surface area (Å²) < 4.78 is 27.5. The number of hydrogen-bond acceptors (Lipinski definition) is 12. The van der Waals surface area contributed by atoms with Crippen LogP contribution in [-0.2, 0) is 23.7 Å². The number of aliphatic hydroxyl groups excluding tert-OH is 4. The summed E-state index contributed by atoms with van der Waals surface area (Å²) in [6.45, 7) is 2.79. The first-order chi connectivity index (χ1) is 15.6. The maximum atomic E-state index is 12.1. The molecule has 1 aliphatic rings. The summed E-state index contributed by atoms with van der Waals surface area (Å²) in [6, 6.07) is 0. The van der Waals surface area contributed by atoms with E-state index in [4.69, 9.17) is 33.9 Å². The van der Waals surface area contributed by atoms with E-state index in [1.165, 1.54) is 6.33 Å². The summed E-state index contributed by atoms with van der Waals surface area (Å²) in [6.07, 6.45) is -3.36. The molecule has 2 rings (SSSR count). The molecule has 0 saturated carbocycles. The van der Waals surface area contributed by atoms with Crippen molar-refractivity contribution in [3.8, 4) is 0 Å². The van der Waals surface area contributed by atoms with Crippen molar-refractivity contribution in [3.63, 3.8) is 0 Å². The fourth-order valence-corrected chi connectivity index (χ4v) is 2.74. The third-order valence-corrected chi connectivity index (χ3v) is 4.37. The molecule has 14 heteroatoms. The molecule has 1 aromatic heterocycles. The summed E-state index contributed by atoms with van der Waals surface area (Å²) in [5.74, 6) is -0.664. The molecule has 0 radical (unpaired) electrons. The molecule has 184 valence electrons. The minimum Gasteiger partial charge on any atom is -0.394 e. The van der Waals surface area contributed by atoms with Crippen LogP contribution in [-0.4, -0.2) is 132 Å². The zero-order valence-corrected chi connectivity index (χ0v) is 17.7. The number of hydrogen-bond donors (Lipinski definition) is 5. The van der Waals surface area contributed by atoms with Gasteiger partial charge in [0.1, 0.15) is 24.6 Å². The topological polar surface area (TPSA) is 187 Å². The number of aromatic nitrogens is 3. The van der Waals surface area contributed by atoms with E-state index in [2.05, 4.69) is 15.4 Å². The first kappa shape index (κ1) is 26.5. The Bertz CT molecular complexity index is 649. The van der Waals surface area contributed by atoms with Crippen LogP contribution >= 0.6 is 0 Å². The first-order valence-corrected chi connectivity index (χ1v) is 10.3. The lowest BCUT2D eigenvalue weighted by Crippen LogP contribution is -2.33. The lowest BCUT2D eigenvalue weighted by atomic mass is 10.1. The van der Waals surface area contributed by atoms with Gasteiger partial charge in [0.05, 0.1) is 66.1 Å². The van der Waals surface area contributed by atoms with Gasteiger partial charge in [-0.2, -0.15) is 0 Å². The molecule has 0 spiro atoms. The molecule has 14 nitrogen and oxygen atoms in total. The third kappa shape index (κ3) is 8.65. The average molecular weight is 464 g/mol. The van der Waals surface area contributed by atoms with Crippen molar-refractivity contribution in [1.29, 1.82) is 0 Å². The third-order valence-electron chi connectivity index (χ3n) is 4.37. The standard InChI is InChI=1S/C18H32N4O10/c23-2-4-29-6-8-31-10-9-30-7-5-28-3-1-19-17(27)16-20-12-22(21-16)18-15(26)14(25)13(11-24)32-18/h12-15,18,23-26H,1-11H2,(H,19,27)/t13-,14-,15-,18-/m1/s1. The van der Waals surface area contributed by atoms with Gasteiger partial charge in [0.25, 0.3) is 5.91 Å². The lowest BCUT2D eigenvalue weighted by Gasteiger charge is -2.13. The Morgan fingerprint density at radius 1 is 0.969 bits per heavy atom. The minimum absolute atomic E-state index is 0.00676. The fourth-order valence-electron chi connectivity index (χ4n) is 2.74. The summed E-state index contributed by atoms with van der Waals surface area (Å²) in [7, 11) is 0. The van der Waals surface area contributed by atoms with Gasteiger partial charge in [0.15, 0.2) is 6.23 Å². The summed E-state index contributed by atoms with van der Waals surface area (Å²) in [5, 5.41) is 44.0. The molecule has 0 bridgehead atoms.